The van der Waals surface area contributed by atoms with Crippen molar-refractivity contribution in [2.75, 3.05) is 0 Å². The van der Waals surface area contributed by atoms with Gasteiger partial charge in [-0.3, -0.25) is 0 Å². The van der Waals surface area contributed by atoms with Crippen LogP contribution in [0.3, 0.4) is 0 Å². The minimum absolute atomic E-state index is 0.161. The molecule has 1 heterocycles. The van der Waals surface area contributed by atoms with Gasteiger partial charge in [-0.15, -0.1) is 11.3 Å². The van der Waals surface area contributed by atoms with Crippen molar-refractivity contribution in [2.45, 2.75) is 25.9 Å². The van der Waals surface area contributed by atoms with Crippen molar-refractivity contribution < 1.29 is 14.6 Å². The van der Waals surface area contributed by atoms with E-state index in [4.69, 9.17) is 9.84 Å². The Labute approximate surface area is 121 Å². The van der Waals surface area contributed by atoms with E-state index in [9.17, 15) is 4.79 Å². The van der Waals surface area contributed by atoms with E-state index < -0.39 is 12.1 Å². The number of carboxylic acid groups (broad SMARTS) is 1. The zero-order valence-corrected chi connectivity index (χ0v) is 11.9. The lowest BCUT2D eigenvalue weighted by molar-refractivity contribution is -0.146. The number of rotatable bonds is 5. The molecular formula is C15H15NO3S. The van der Waals surface area contributed by atoms with Gasteiger partial charge in [0, 0.05) is 22.6 Å². The molecule has 1 atom stereocenters. The fraction of sp³-hybridized carbons (Fsp3) is 0.333. The van der Waals surface area contributed by atoms with Crippen molar-refractivity contribution in [1.82, 2.24) is 4.98 Å². The zero-order chi connectivity index (χ0) is 14.1. The number of hydrogen-bond donors (Lipinski definition) is 1. The van der Waals surface area contributed by atoms with Crippen molar-refractivity contribution in [3.05, 3.63) is 35.3 Å². The van der Waals surface area contributed by atoms with Crippen LogP contribution in [0.1, 0.15) is 18.5 Å². The van der Waals surface area contributed by atoms with Crippen LogP contribution >= 0.6 is 11.3 Å². The molecule has 3 rings (SSSR count). The number of aliphatic carboxylic acids is 1. The Bertz CT molecular complexity index is 616. The summed E-state index contributed by atoms with van der Waals surface area (Å²) in [4.78, 5) is 15.6. The SMILES string of the molecule is Cc1csc(-c2ccc(OC(C(=O)O)C3CC3)cc2)n1. The van der Waals surface area contributed by atoms with Crippen LogP contribution in [-0.4, -0.2) is 22.2 Å². The summed E-state index contributed by atoms with van der Waals surface area (Å²) in [6.07, 6.45) is 1.16. The summed E-state index contributed by atoms with van der Waals surface area (Å²) in [5, 5.41) is 12.1. The summed E-state index contributed by atoms with van der Waals surface area (Å²) in [5.41, 5.74) is 2.03. The quantitative estimate of drug-likeness (QED) is 0.917. The number of ether oxygens (including phenoxy) is 1. The normalized spacial score (nSPS) is 15.8. The van der Waals surface area contributed by atoms with Crippen LogP contribution in [0.2, 0.25) is 0 Å². The molecule has 1 aliphatic carbocycles. The van der Waals surface area contributed by atoms with Gasteiger partial charge in [0.15, 0.2) is 6.10 Å². The van der Waals surface area contributed by atoms with Crippen LogP contribution in [0, 0.1) is 12.8 Å². The van der Waals surface area contributed by atoms with E-state index in [2.05, 4.69) is 4.98 Å². The largest absolute Gasteiger partial charge is 0.478 e. The lowest BCUT2D eigenvalue weighted by atomic mass is 10.2. The number of carbonyl (C=O) groups is 1. The molecule has 104 valence electrons. The first-order valence-electron chi connectivity index (χ1n) is 6.55. The molecule has 1 N–H and O–H groups in total. The summed E-state index contributed by atoms with van der Waals surface area (Å²) in [6.45, 7) is 1.96. The molecule has 20 heavy (non-hydrogen) atoms. The highest BCUT2D eigenvalue weighted by molar-refractivity contribution is 7.13. The van der Waals surface area contributed by atoms with E-state index in [1.165, 1.54) is 0 Å². The molecule has 1 aromatic carbocycles. The molecule has 2 aromatic rings. The second kappa shape index (κ2) is 5.25. The molecule has 0 bridgehead atoms. The second-order valence-electron chi connectivity index (χ2n) is 5.03. The molecule has 1 aromatic heterocycles. The highest BCUT2D eigenvalue weighted by Crippen LogP contribution is 2.35. The number of hydrogen-bond acceptors (Lipinski definition) is 4. The molecule has 5 heteroatoms. The molecule has 0 amide bonds. The monoisotopic (exact) mass is 289 g/mol. The summed E-state index contributed by atoms with van der Waals surface area (Å²) >= 11 is 1.60. The maximum Gasteiger partial charge on any atom is 0.345 e. The fourth-order valence-corrected chi connectivity index (χ4v) is 2.86. The minimum Gasteiger partial charge on any atom is -0.478 e. The van der Waals surface area contributed by atoms with Gasteiger partial charge >= 0.3 is 5.97 Å². The molecule has 4 nitrogen and oxygen atoms in total. The van der Waals surface area contributed by atoms with Crippen molar-refractivity contribution in [3.63, 3.8) is 0 Å². The van der Waals surface area contributed by atoms with Crippen LogP contribution in [0.25, 0.3) is 10.6 Å². The van der Waals surface area contributed by atoms with Crippen molar-refractivity contribution in [3.8, 4) is 16.3 Å². The van der Waals surface area contributed by atoms with Gasteiger partial charge in [0.25, 0.3) is 0 Å². The molecule has 1 aliphatic rings. The Balaban J connectivity index is 1.74. The van der Waals surface area contributed by atoms with Gasteiger partial charge in [0.2, 0.25) is 0 Å². The first-order valence-corrected chi connectivity index (χ1v) is 7.43. The van der Waals surface area contributed by atoms with Gasteiger partial charge in [-0.2, -0.15) is 0 Å². The lowest BCUT2D eigenvalue weighted by Crippen LogP contribution is -2.29. The summed E-state index contributed by atoms with van der Waals surface area (Å²) in [7, 11) is 0. The highest BCUT2D eigenvalue weighted by Gasteiger charge is 2.38. The first kappa shape index (κ1) is 13.1. The lowest BCUT2D eigenvalue weighted by Gasteiger charge is -2.14. The van der Waals surface area contributed by atoms with Gasteiger partial charge in [-0.25, -0.2) is 9.78 Å². The number of aromatic nitrogens is 1. The zero-order valence-electron chi connectivity index (χ0n) is 11.1. The maximum absolute atomic E-state index is 11.1. The average molecular weight is 289 g/mol. The van der Waals surface area contributed by atoms with E-state index >= 15 is 0 Å². The molecule has 1 saturated carbocycles. The van der Waals surface area contributed by atoms with E-state index in [1.54, 1.807) is 11.3 Å². The standard InChI is InChI=1S/C15H15NO3S/c1-9-8-20-14(16-9)11-4-6-12(7-5-11)19-13(15(17)18)10-2-3-10/h4-8,10,13H,2-3H2,1H3,(H,17,18). The maximum atomic E-state index is 11.1. The third-order valence-electron chi connectivity index (χ3n) is 3.28. The minimum atomic E-state index is -0.882. The Kier molecular flexibility index (Phi) is 3.44. The fourth-order valence-electron chi connectivity index (χ4n) is 2.06. The van der Waals surface area contributed by atoms with Gasteiger partial charge in [-0.05, 0) is 44.0 Å². The van der Waals surface area contributed by atoms with Gasteiger partial charge in [0.05, 0.1) is 0 Å². The molecule has 0 aliphatic heterocycles. The molecule has 0 saturated heterocycles. The van der Waals surface area contributed by atoms with Gasteiger partial charge in [0.1, 0.15) is 10.8 Å². The summed E-state index contributed by atoms with van der Waals surface area (Å²) < 4.78 is 5.58. The Morgan fingerprint density at radius 3 is 2.60 bits per heavy atom. The third-order valence-corrected chi connectivity index (χ3v) is 4.29. The van der Waals surface area contributed by atoms with E-state index in [0.717, 1.165) is 29.1 Å². The van der Waals surface area contributed by atoms with Gasteiger partial charge < -0.3 is 9.84 Å². The Hall–Kier alpha value is -1.88. The number of aryl methyl sites for hydroxylation is 1. The van der Waals surface area contributed by atoms with Crippen LogP contribution < -0.4 is 4.74 Å². The Morgan fingerprint density at radius 2 is 2.10 bits per heavy atom. The number of nitrogens with zero attached hydrogens (tertiary/aromatic N) is 1. The summed E-state index contributed by atoms with van der Waals surface area (Å²) in [6, 6.07) is 7.45. The van der Waals surface area contributed by atoms with Crippen LogP contribution in [-0.2, 0) is 4.79 Å². The first-order chi connectivity index (χ1) is 9.63. The molecule has 1 fully saturated rings. The van der Waals surface area contributed by atoms with E-state index in [0.29, 0.717) is 5.75 Å². The van der Waals surface area contributed by atoms with Crippen molar-refractivity contribution >= 4 is 17.3 Å². The van der Waals surface area contributed by atoms with Gasteiger partial charge in [-0.1, -0.05) is 0 Å². The molecule has 1 unspecified atom stereocenters. The topological polar surface area (TPSA) is 59.4 Å². The average Bonchev–Trinajstić information content (AvgIpc) is 3.18. The van der Waals surface area contributed by atoms with E-state index in [1.807, 2.05) is 36.6 Å². The number of carboxylic acids is 1. The van der Waals surface area contributed by atoms with Crippen LogP contribution in [0.5, 0.6) is 5.75 Å². The third kappa shape index (κ3) is 2.82. The van der Waals surface area contributed by atoms with Crippen LogP contribution in [0.4, 0.5) is 0 Å². The van der Waals surface area contributed by atoms with Crippen molar-refractivity contribution in [2.24, 2.45) is 5.92 Å². The second-order valence-corrected chi connectivity index (χ2v) is 5.89. The smallest absolute Gasteiger partial charge is 0.345 e. The number of benzene rings is 1. The molecule has 0 radical (unpaired) electrons. The van der Waals surface area contributed by atoms with Crippen molar-refractivity contribution in [1.29, 1.82) is 0 Å². The van der Waals surface area contributed by atoms with Crippen LogP contribution in [0.15, 0.2) is 29.6 Å². The predicted octanol–water partition coefficient (Wildman–Crippen LogP) is 3.36. The molecule has 0 spiro atoms. The Morgan fingerprint density at radius 1 is 1.40 bits per heavy atom. The highest BCUT2D eigenvalue weighted by atomic mass is 32.1. The summed E-state index contributed by atoms with van der Waals surface area (Å²) in [5.74, 6) is -0.123. The number of thiazole rings is 1. The predicted molar refractivity (Wildman–Crippen MR) is 77.1 cm³/mol. The van der Waals surface area contributed by atoms with E-state index in [-0.39, 0.29) is 5.92 Å². The molecular weight excluding hydrogens is 274 g/mol.